The molecule has 0 radical (unpaired) electrons. The van der Waals surface area contributed by atoms with Gasteiger partial charge in [0.2, 0.25) is 0 Å². The highest BCUT2D eigenvalue weighted by molar-refractivity contribution is 5.74. The number of carbonyl (C=O) groups is 1. The van der Waals surface area contributed by atoms with E-state index in [9.17, 15) is 9.59 Å². The molecule has 1 heterocycles. The average molecular weight is 330 g/mol. The van der Waals surface area contributed by atoms with Crippen LogP contribution in [0, 0.1) is 24.7 Å². The molecule has 6 heteroatoms. The number of carbonyl (C=O) groups excluding carboxylic acids is 1. The van der Waals surface area contributed by atoms with E-state index in [4.69, 9.17) is 0 Å². The average Bonchev–Trinajstić information content (AvgIpc) is 2.49. The fraction of sp³-hybridized carbons (Fsp3) is 0.722. The molecule has 0 saturated heterocycles. The van der Waals surface area contributed by atoms with Gasteiger partial charge in [0.25, 0.3) is 5.56 Å². The number of amides is 2. The van der Waals surface area contributed by atoms with E-state index in [1.807, 2.05) is 0 Å². The largest absolute Gasteiger partial charge is 0.336 e. The maximum absolute atomic E-state index is 12.3. The summed E-state index contributed by atoms with van der Waals surface area (Å²) in [6.07, 6.45) is 10.6. The second-order valence-electron chi connectivity index (χ2n) is 8.15. The van der Waals surface area contributed by atoms with Gasteiger partial charge in [0.05, 0.1) is 6.33 Å². The summed E-state index contributed by atoms with van der Waals surface area (Å²) >= 11 is 0. The van der Waals surface area contributed by atoms with Crippen molar-refractivity contribution in [3.63, 3.8) is 0 Å². The molecule has 0 spiro atoms. The number of aromatic nitrogens is 2. The van der Waals surface area contributed by atoms with E-state index in [2.05, 4.69) is 15.6 Å². The van der Waals surface area contributed by atoms with Crippen LogP contribution in [0.1, 0.15) is 44.1 Å². The summed E-state index contributed by atoms with van der Waals surface area (Å²) in [6, 6.07) is -0.0920. The zero-order chi connectivity index (χ0) is 16.7. The topological polar surface area (TPSA) is 76.0 Å². The molecule has 0 unspecified atom stereocenters. The molecule has 5 rings (SSSR count). The summed E-state index contributed by atoms with van der Waals surface area (Å²) in [4.78, 5) is 28.3. The Morgan fingerprint density at radius 3 is 2.50 bits per heavy atom. The molecule has 4 fully saturated rings. The molecule has 4 aliphatic rings. The molecule has 0 aliphatic heterocycles. The van der Waals surface area contributed by atoms with E-state index in [0.717, 1.165) is 37.0 Å². The van der Waals surface area contributed by atoms with Crippen LogP contribution in [-0.2, 0) is 6.54 Å². The fourth-order valence-electron chi connectivity index (χ4n) is 5.56. The minimum absolute atomic E-state index is 0.0283. The molecule has 24 heavy (non-hydrogen) atoms. The Balaban J connectivity index is 1.31. The number of rotatable bonds is 4. The van der Waals surface area contributed by atoms with E-state index < -0.39 is 0 Å². The number of nitrogens with one attached hydrogen (secondary N) is 2. The van der Waals surface area contributed by atoms with Gasteiger partial charge in [-0.25, -0.2) is 9.78 Å². The monoisotopic (exact) mass is 330 g/mol. The van der Waals surface area contributed by atoms with E-state index in [0.29, 0.717) is 18.7 Å². The van der Waals surface area contributed by atoms with Gasteiger partial charge in [-0.05, 0) is 63.2 Å². The van der Waals surface area contributed by atoms with Crippen molar-refractivity contribution in [1.82, 2.24) is 20.2 Å². The van der Waals surface area contributed by atoms with Crippen LogP contribution in [0.2, 0.25) is 0 Å². The highest BCUT2D eigenvalue weighted by Gasteiger charge is 2.51. The lowest BCUT2D eigenvalue weighted by Gasteiger charge is -2.56. The van der Waals surface area contributed by atoms with Crippen LogP contribution >= 0.6 is 0 Å². The number of hydrogen-bond acceptors (Lipinski definition) is 3. The third kappa shape index (κ3) is 2.94. The van der Waals surface area contributed by atoms with Crippen LogP contribution in [0.3, 0.4) is 0 Å². The Kier molecular flexibility index (Phi) is 3.85. The Labute approximate surface area is 142 Å². The highest BCUT2D eigenvalue weighted by Crippen LogP contribution is 2.55. The molecule has 1 aromatic rings. The molecule has 4 aliphatic carbocycles. The summed E-state index contributed by atoms with van der Waals surface area (Å²) in [5.41, 5.74) is 0.601. The van der Waals surface area contributed by atoms with Crippen LogP contribution in [0.4, 0.5) is 4.79 Å². The summed E-state index contributed by atoms with van der Waals surface area (Å²) in [6.45, 7) is 2.63. The third-order valence-electron chi connectivity index (χ3n) is 6.13. The van der Waals surface area contributed by atoms with Gasteiger partial charge >= 0.3 is 6.03 Å². The third-order valence-corrected chi connectivity index (χ3v) is 6.13. The predicted molar refractivity (Wildman–Crippen MR) is 90.7 cm³/mol. The molecule has 0 atom stereocenters. The Morgan fingerprint density at radius 2 is 1.88 bits per heavy atom. The fourth-order valence-corrected chi connectivity index (χ4v) is 5.56. The first-order valence-electron chi connectivity index (χ1n) is 9.10. The molecule has 2 N–H and O–H groups in total. The van der Waals surface area contributed by atoms with Crippen molar-refractivity contribution in [2.45, 2.75) is 57.5 Å². The second kappa shape index (κ2) is 5.90. The van der Waals surface area contributed by atoms with Gasteiger partial charge in [-0.3, -0.25) is 9.36 Å². The minimum atomic E-state index is -0.0920. The number of hydrogen-bond donors (Lipinski definition) is 2. The second-order valence-corrected chi connectivity index (χ2v) is 8.15. The number of urea groups is 1. The predicted octanol–water partition coefficient (Wildman–Crippen LogP) is 1.82. The molecule has 2 amide bonds. The first-order valence-corrected chi connectivity index (χ1v) is 9.10. The number of aryl methyl sites for hydroxylation is 1. The van der Waals surface area contributed by atoms with Crippen LogP contribution in [0.25, 0.3) is 0 Å². The van der Waals surface area contributed by atoms with Crippen LogP contribution in [-0.4, -0.2) is 27.7 Å². The molecular weight excluding hydrogens is 304 g/mol. The van der Waals surface area contributed by atoms with Gasteiger partial charge in [0.1, 0.15) is 0 Å². The lowest BCUT2D eigenvalue weighted by Crippen LogP contribution is -2.61. The molecule has 4 bridgehead atoms. The van der Waals surface area contributed by atoms with Gasteiger partial charge in [-0.15, -0.1) is 0 Å². The van der Waals surface area contributed by atoms with Crippen molar-refractivity contribution in [3.8, 4) is 0 Å². The van der Waals surface area contributed by atoms with Crippen molar-refractivity contribution in [3.05, 3.63) is 28.4 Å². The smallest absolute Gasteiger partial charge is 0.315 e. The first kappa shape index (κ1) is 15.7. The normalized spacial score (nSPS) is 33.5. The SMILES string of the molecule is Cc1cncn(CCNC(=O)NC23CC4CC(CC(C4)C2)C3)c1=O. The van der Waals surface area contributed by atoms with E-state index in [1.54, 1.807) is 17.7 Å². The van der Waals surface area contributed by atoms with Crippen molar-refractivity contribution >= 4 is 6.03 Å². The van der Waals surface area contributed by atoms with Crippen molar-refractivity contribution in [2.75, 3.05) is 6.54 Å². The highest BCUT2D eigenvalue weighted by atomic mass is 16.2. The number of nitrogens with zero attached hydrogens (tertiary/aromatic N) is 2. The molecule has 0 aromatic carbocycles. The lowest BCUT2D eigenvalue weighted by molar-refractivity contribution is -0.0135. The molecule has 130 valence electrons. The maximum atomic E-state index is 12.3. The quantitative estimate of drug-likeness (QED) is 0.884. The Bertz CT molecular complexity index is 661. The van der Waals surface area contributed by atoms with Crippen molar-refractivity contribution < 1.29 is 4.79 Å². The summed E-state index contributed by atoms with van der Waals surface area (Å²) in [7, 11) is 0. The van der Waals surface area contributed by atoms with Gasteiger partial charge < -0.3 is 10.6 Å². The lowest BCUT2D eigenvalue weighted by atomic mass is 9.53. The zero-order valence-electron chi connectivity index (χ0n) is 14.3. The van der Waals surface area contributed by atoms with E-state index in [-0.39, 0.29) is 17.1 Å². The molecule has 1 aromatic heterocycles. The molecular formula is C18H26N4O2. The Morgan fingerprint density at radius 1 is 1.25 bits per heavy atom. The molecule has 4 saturated carbocycles. The van der Waals surface area contributed by atoms with Crippen LogP contribution in [0.5, 0.6) is 0 Å². The van der Waals surface area contributed by atoms with Crippen molar-refractivity contribution in [2.24, 2.45) is 17.8 Å². The van der Waals surface area contributed by atoms with Gasteiger partial charge in [-0.2, -0.15) is 0 Å². The van der Waals surface area contributed by atoms with Crippen molar-refractivity contribution in [1.29, 1.82) is 0 Å². The van der Waals surface area contributed by atoms with E-state index >= 15 is 0 Å². The summed E-state index contributed by atoms with van der Waals surface area (Å²) < 4.78 is 1.54. The minimum Gasteiger partial charge on any atom is -0.336 e. The van der Waals surface area contributed by atoms with Crippen LogP contribution < -0.4 is 16.2 Å². The maximum Gasteiger partial charge on any atom is 0.315 e. The Hall–Kier alpha value is -1.85. The molecule has 6 nitrogen and oxygen atoms in total. The first-order chi connectivity index (χ1) is 11.5. The zero-order valence-corrected chi connectivity index (χ0v) is 14.3. The summed E-state index contributed by atoms with van der Waals surface area (Å²) in [5.74, 6) is 2.44. The standard InChI is InChI=1S/C18H26N4O2/c1-12-10-19-11-22(16(12)23)3-2-20-17(24)21-18-7-13-4-14(8-18)6-15(5-13)9-18/h10-11,13-15H,2-9H2,1H3,(H2,20,21,24). The van der Waals surface area contributed by atoms with Gasteiger partial charge in [-0.1, -0.05) is 0 Å². The van der Waals surface area contributed by atoms with E-state index in [1.165, 1.54) is 25.6 Å². The summed E-state index contributed by atoms with van der Waals surface area (Å²) in [5, 5.41) is 6.20. The van der Waals surface area contributed by atoms with Crippen LogP contribution in [0.15, 0.2) is 17.3 Å². The van der Waals surface area contributed by atoms with Gasteiger partial charge in [0, 0.05) is 30.4 Å². The van der Waals surface area contributed by atoms with Gasteiger partial charge in [0.15, 0.2) is 0 Å².